The molecule has 0 atom stereocenters. The molecule has 0 saturated heterocycles. The number of allylic oxidation sites excluding steroid dienone is 5. The molecular weight excluding hydrogens is 552 g/mol. The zero-order valence-corrected chi connectivity index (χ0v) is 27.4. The Balaban J connectivity index is 1.39. The lowest BCUT2D eigenvalue weighted by Crippen LogP contribution is -2.30. The first-order valence-corrected chi connectivity index (χ1v) is 17.1. The number of rotatable bonds is 18. The van der Waals surface area contributed by atoms with Crippen molar-refractivity contribution in [2.24, 2.45) is 11.3 Å². The van der Waals surface area contributed by atoms with E-state index in [2.05, 4.69) is 86.7 Å². The van der Waals surface area contributed by atoms with Gasteiger partial charge in [-0.3, -0.25) is 9.59 Å². The Bertz CT molecular complexity index is 1210. The summed E-state index contributed by atoms with van der Waals surface area (Å²) in [7, 11) is 0. The van der Waals surface area contributed by atoms with Crippen molar-refractivity contribution in [1.82, 2.24) is 0 Å². The maximum absolute atomic E-state index is 12.7. The van der Waals surface area contributed by atoms with Crippen molar-refractivity contribution in [2.75, 3.05) is 24.7 Å². The summed E-state index contributed by atoms with van der Waals surface area (Å²) in [6.45, 7) is 9.00. The van der Waals surface area contributed by atoms with Crippen molar-refractivity contribution in [2.45, 2.75) is 79.1 Å². The molecule has 0 heterocycles. The molecule has 0 fully saturated rings. The Morgan fingerprint density at radius 2 is 1.42 bits per heavy atom. The summed E-state index contributed by atoms with van der Waals surface area (Å²) in [6, 6.07) is 19.3. The molecule has 0 unspecified atom stereocenters. The van der Waals surface area contributed by atoms with Crippen molar-refractivity contribution in [1.29, 1.82) is 0 Å². The smallest absolute Gasteiger partial charge is 0.315 e. The molecule has 5 heteroatoms. The Morgan fingerprint density at radius 1 is 0.791 bits per heavy atom. The second kappa shape index (κ2) is 18.6. The highest BCUT2D eigenvalue weighted by Crippen LogP contribution is 2.31. The third kappa shape index (κ3) is 12.2. The molecule has 0 aromatic heterocycles. The number of thioether (sulfide) groups is 1. The summed E-state index contributed by atoms with van der Waals surface area (Å²) in [6.07, 6.45) is 17.5. The molecule has 1 aliphatic rings. The van der Waals surface area contributed by atoms with E-state index < -0.39 is 5.41 Å². The van der Waals surface area contributed by atoms with Gasteiger partial charge in [-0.2, -0.15) is 0 Å². The van der Waals surface area contributed by atoms with Crippen LogP contribution in [0.2, 0.25) is 0 Å². The van der Waals surface area contributed by atoms with Gasteiger partial charge in [0.25, 0.3) is 0 Å². The van der Waals surface area contributed by atoms with Gasteiger partial charge in [0.15, 0.2) is 0 Å². The Morgan fingerprint density at radius 3 is 2.12 bits per heavy atom. The first-order valence-electron chi connectivity index (χ1n) is 16.0. The van der Waals surface area contributed by atoms with Gasteiger partial charge in [0.1, 0.15) is 0 Å². The van der Waals surface area contributed by atoms with Crippen molar-refractivity contribution in [3.05, 3.63) is 101 Å². The molecule has 0 spiro atoms. The average molecular weight is 603 g/mol. The third-order valence-electron chi connectivity index (χ3n) is 7.59. The molecule has 4 nitrogen and oxygen atoms in total. The maximum atomic E-state index is 12.7. The molecule has 2 aromatic carbocycles. The maximum Gasteiger partial charge on any atom is 0.315 e. The van der Waals surface area contributed by atoms with Crippen molar-refractivity contribution in [3.63, 3.8) is 0 Å². The Hall–Kier alpha value is -3.05. The second-order valence-electron chi connectivity index (χ2n) is 12.1. The van der Waals surface area contributed by atoms with Crippen LogP contribution in [0.4, 0.5) is 0 Å². The standard InChI is InChI=1S/C38H50O4S/c1-5-6-7-8-9-13-26-41-35(39)28-43-29-38(3,4)37(40)42-27-14-15-31-20-24-34(25-21-31)36(32-16-11-10-12-17-32)33-22-18-30(2)19-23-33/h10-12,16-25,30H,5-9,13-15,26-29H2,1-4H3. The van der Waals surface area contributed by atoms with Crippen LogP contribution < -0.4 is 0 Å². The molecule has 0 bridgehead atoms. The van der Waals surface area contributed by atoms with Crippen LogP contribution in [0.5, 0.6) is 0 Å². The molecule has 1 aliphatic carbocycles. The highest BCUT2D eigenvalue weighted by atomic mass is 32.2. The van der Waals surface area contributed by atoms with Gasteiger partial charge in [-0.1, -0.05) is 125 Å². The normalized spacial score (nSPS) is 14.5. The summed E-state index contributed by atoms with van der Waals surface area (Å²) in [5.41, 5.74) is 5.39. The predicted octanol–water partition coefficient (Wildman–Crippen LogP) is 9.39. The summed E-state index contributed by atoms with van der Waals surface area (Å²) in [5, 5.41) is 0. The van der Waals surface area contributed by atoms with Gasteiger partial charge in [-0.25, -0.2) is 0 Å². The van der Waals surface area contributed by atoms with Crippen LogP contribution in [0, 0.1) is 11.3 Å². The van der Waals surface area contributed by atoms with E-state index in [4.69, 9.17) is 9.47 Å². The van der Waals surface area contributed by atoms with E-state index in [0.29, 0.717) is 24.9 Å². The molecule has 0 amide bonds. The third-order valence-corrected chi connectivity index (χ3v) is 8.96. The summed E-state index contributed by atoms with van der Waals surface area (Å²) < 4.78 is 11.0. The average Bonchev–Trinajstić information content (AvgIpc) is 3.01. The molecule has 0 aliphatic heterocycles. The van der Waals surface area contributed by atoms with Gasteiger partial charge < -0.3 is 9.47 Å². The van der Waals surface area contributed by atoms with E-state index in [9.17, 15) is 9.59 Å². The van der Waals surface area contributed by atoms with Gasteiger partial charge in [0.05, 0.1) is 24.4 Å². The van der Waals surface area contributed by atoms with Crippen molar-refractivity contribution in [3.8, 4) is 0 Å². The van der Waals surface area contributed by atoms with Crippen molar-refractivity contribution < 1.29 is 19.1 Å². The predicted molar refractivity (Wildman–Crippen MR) is 181 cm³/mol. The molecule has 43 heavy (non-hydrogen) atoms. The lowest BCUT2D eigenvalue weighted by atomic mass is 9.89. The second-order valence-corrected chi connectivity index (χ2v) is 13.1. The number of hydrogen-bond acceptors (Lipinski definition) is 5. The van der Waals surface area contributed by atoms with Crippen LogP contribution in [0.15, 0.2) is 84.5 Å². The molecule has 3 rings (SSSR count). The van der Waals surface area contributed by atoms with Crippen LogP contribution >= 0.6 is 11.8 Å². The van der Waals surface area contributed by atoms with E-state index >= 15 is 0 Å². The fourth-order valence-electron chi connectivity index (χ4n) is 4.94. The lowest BCUT2D eigenvalue weighted by molar-refractivity contribution is -0.152. The van der Waals surface area contributed by atoms with Crippen LogP contribution in [-0.4, -0.2) is 36.7 Å². The summed E-state index contributed by atoms with van der Waals surface area (Å²) in [4.78, 5) is 24.8. The van der Waals surface area contributed by atoms with E-state index in [0.717, 1.165) is 25.7 Å². The zero-order chi connectivity index (χ0) is 30.9. The molecule has 0 saturated carbocycles. The van der Waals surface area contributed by atoms with Gasteiger partial charge in [-0.05, 0) is 66.9 Å². The van der Waals surface area contributed by atoms with Gasteiger partial charge in [0.2, 0.25) is 0 Å². The number of aryl methyl sites for hydroxylation is 1. The Labute approximate surface area is 264 Å². The molecular formula is C38H50O4S. The van der Waals surface area contributed by atoms with E-state index in [1.807, 2.05) is 19.9 Å². The Kier molecular flexibility index (Phi) is 14.9. The SMILES string of the molecule is CCCCCCCCOC(=O)CSCC(C)(C)C(=O)OCCCc1ccc(C(=C2C=CC(C)C=C2)c2ccccc2)cc1. The van der Waals surface area contributed by atoms with Crippen LogP contribution in [-0.2, 0) is 25.5 Å². The number of ether oxygens (including phenoxy) is 2. The molecule has 0 N–H and O–H groups in total. The number of carbonyl (C=O) groups excluding carboxylic acids is 2. The fourth-order valence-corrected chi connectivity index (χ4v) is 5.92. The molecule has 232 valence electrons. The first-order chi connectivity index (χ1) is 20.8. The first kappa shape index (κ1) is 34.4. The lowest BCUT2D eigenvalue weighted by Gasteiger charge is -2.22. The number of hydrogen-bond donors (Lipinski definition) is 0. The highest BCUT2D eigenvalue weighted by Gasteiger charge is 2.29. The minimum Gasteiger partial charge on any atom is -0.465 e. The topological polar surface area (TPSA) is 52.6 Å². The van der Waals surface area contributed by atoms with Crippen LogP contribution in [0.1, 0.15) is 89.3 Å². The summed E-state index contributed by atoms with van der Waals surface area (Å²) in [5.74, 6) is 0.795. The number of esters is 2. The number of unbranched alkanes of at least 4 members (excludes halogenated alkanes) is 5. The van der Waals surface area contributed by atoms with Gasteiger partial charge in [0, 0.05) is 5.75 Å². The number of benzene rings is 2. The quantitative estimate of drug-likeness (QED) is 0.126. The van der Waals surface area contributed by atoms with E-state index in [1.165, 1.54) is 65.3 Å². The van der Waals surface area contributed by atoms with Crippen LogP contribution in [0.25, 0.3) is 5.57 Å². The van der Waals surface area contributed by atoms with Crippen molar-refractivity contribution >= 4 is 29.3 Å². The highest BCUT2D eigenvalue weighted by molar-refractivity contribution is 7.99. The van der Waals surface area contributed by atoms with Crippen LogP contribution in [0.3, 0.4) is 0 Å². The van der Waals surface area contributed by atoms with E-state index in [1.54, 1.807) is 0 Å². The fraction of sp³-hybridized carbons (Fsp3) is 0.474. The summed E-state index contributed by atoms with van der Waals surface area (Å²) >= 11 is 1.43. The monoisotopic (exact) mass is 602 g/mol. The number of carbonyl (C=O) groups is 2. The molecule has 0 radical (unpaired) electrons. The minimum atomic E-state index is -0.660. The van der Waals surface area contributed by atoms with Gasteiger partial charge >= 0.3 is 11.9 Å². The molecule has 2 aromatic rings. The zero-order valence-electron chi connectivity index (χ0n) is 26.6. The van der Waals surface area contributed by atoms with Gasteiger partial charge in [-0.15, -0.1) is 11.8 Å². The van der Waals surface area contributed by atoms with E-state index in [-0.39, 0.29) is 17.7 Å². The largest absolute Gasteiger partial charge is 0.465 e. The minimum absolute atomic E-state index is 0.206.